The Bertz CT molecular complexity index is 429. The molecule has 0 unspecified atom stereocenters. The quantitative estimate of drug-likeness (QED) is 0.783. The van der Waals surface area contributed by atoms with E-state index in [1.807, 2.05) is 25.2 Å². The van der Waals surface area contributed by atoms with Gasteiger partial charge in [-0.2, -0.15) is 0 Å². The molecule has 1 aliphatic rings. The highest BCUT2D eigenvalue weighted by molar-refractivity contribution is 9.10. The number of likely N-dealkylation sites (N-methyl/N-ethyl adjacent to an activating group) is 1. The smallest absolute Gasteiger partial charge is 0.176 e. The van der Waals surface area contributed by atoms with Gasteiger partial charge in [0.1, 0.15) is 5.75 Å². The fourth-order valence-corrected chi connectivity index (χ4v) is 2.34. The standard InChI is InChI=1S/C13H16BrNO2/c1-15(10-4-5-10)8-12(16)9-3-6-13(17-2)11(14)7-9/h3,6-7,10H,4-5,8H2,1-2H3. The van der Waals surface area contributed by atoms with Crippen LogP contribution in [-0.4, -0.2) is 37.4 Å². The first-order chi connectivity index (χ1) is 8.11. The summed E-state index contributed by atoms with van der Waals surface area (Å²) in [6.45, 7) is 0.490. The second-order valence-electron chi connectivity index (χ2n) is 4.42. The second kappa shape index (κ2) is 5.19. The molecule has 0 bridgehead atoms. The first-order valence-corrected chi connectivity index (χ1v) is 6.48. The molecule has 1 saturated carbocycles. The molecule has 0 spiro atoms. The molecule has 0 amide bonds. The van der Waals surface area contributed by atoms with Gasteiger partial charge in [0, 0.05) is 11.6 Å². The molecule has 17 heavy (non-hydrogen) atoms. The highest BCUT2D eigenvalue weighted by Crippen LogP contribution is 2.27. The Kier molecular flexibility index (Phi) is 3.84. The van der Waals surface area contributed by atoms with Crippen LogP contribution in [0.15, 0.2) is 22.7 Å². The Labute approximate surface area is 110 Å². The normalized spacial score (nSPS) is 15.1. The van der Waals surface area contributed by atoms with Crippen LogP contribution in [0.3, 0.4) is 0 Å². The van der Waals surface area contributed by atoms with Gasteiger partial charge < -0.3 is 4.74 Å². The van der Waals surface area contributed by atoms with E-state index < -0.39 is 0 Å². The van der Waals surface area contributed by atoms with E-state index in [0.29, 0.717) is 12.6 Å². The number of carbonyl (C=O) groups excluding carboxylic acids is 1. The topological polar surface area (TPSA) is 29.5 Å². The fourth-order valence-electron chi connectivity index (χ4n) is 1.80. The minimum absolute atomic E-state index is 0.155. The van der Waals surface area contributed by atoms with E-state index in [1.165, 1.54) is 12.8 Å². The van der Waals surface area contributed by atoms with Gasteiger partial charge in [-0.3, -0.25) is 9.69 Å². The number of hydrogen-bond acceptors (Lipinski definition) is 3. The summed E-state index contributed by atoms with van der Waals surface area (Å²) in [5.41, 5.74) is 0.727. The molecular weight excluding hydrogens is 282 g/mol. The Morgan fingerprint density at radius 3 is 2.76 bits per heavy atom. The van der Waals surface area contributed by atoms with E-state index in [0.717, 1.165) is 15.8 Å². The maximum Gasteiger partial charge on any atom is 0.176 e. The third-order valence-electron chi connectivity index (χ3n) is 3.04. The summed E-state index contributed by atoms with van der Waals surface area (Å²) >= 11 is 3.39. The number of nitrogens with zero attached hydrogens (tertiary/aromatic N) is 1. The lowest BCUT2D eigenvalue weighted by Crippen LogP contribution is -2.27. The summed E-state index contributed by atoms with van der Waals surface area (Å²) in [5.74, 6) is 0.903. The van der Waals surface area contributed by atoms with Gasteiger partial charge in [0.05, 0.1) is 18.1 Å². The number of Topliss-reactive ketones (excluding diaryl/α,β-unsaturated/α-hetero) is 1. The summed E-state index contributed by atoms with van der Waals surface area (Å²) in [4.78, 5) is 14.2. The molecular formula is C13H16BrNO2. The third kappa shape index (κ3) is 3.07. The van der Waals surface area contributed by atoms with E-state index in [9.17, 15) is 4.79 Å². The van der Waals surface area contributed by atoms with Crippen molar-refractivity contribution in [3.63, 3.8) is 0 Å². The Morgan fingerprint density at radius 1 is 1.53 bits per heavy atom. The molecule has 1 aromatic rings. The van der Waals surface area contributed by atoms with Crippen molar-refractivity contribution >= 4 is 21.7 Å². The molecule has 2 rings (SSSR count). The lowest BCUT2D eigenvalue weighted by atomic mass is 10.1. The van der Waals surface area contributed by atoms with Crippen LogP contribution in [0.5, 0.6) is 5.75 Å². The zero-order chi connectivity index (χ0) is 12.4. The van der Waals surface area contributed by atoms with Crippen molar-refractivity contribution in [2.24, 2.45) is 0 Å². The maximum absolute atomic E-state index is 12.0. The molecule has 0 N–H and O–H groups in total. The second-order valence-corrected chi connectivity index (χ2v) is 5.27. The average Bonchev–Trinajstić information content (AvgIpc) is 3.12. The Morgan fingerprint density at radius 2 is 2.24 bits per heavy atom. The highest BCUT2D eigenvalue weighted by Gasteiger charge is 2.27. The van der Waals surface area contributed by atoms with Gasteiger partial charge in [0.2, 0.25) is 0 Å². The molecule has 1 aliphatic carbocycles. The van der Waals surface area contributed by atoms with E-state index in [-0.39, 0.29) is 5.78 Å². The molecule has 1 fully saturated rings. The number of methoxy groups -OCH3 is 1. The van der Waals surface area contributed by atoms with Gasteiger partial charge in [-0.15, -0.1) is 0 Å². The molecule has 0 heterocycles. The monoisotopic (exact) mass is 297 g/mol. The van der Waals surface area contributed by atoms with Crippen LogP contribution >= 0.6 is 15.9 Å². The van der Waals surface area contributed by atoms with Crippen molar-refractivity contribution in [2.45, 2.75) is 18.9 Å². The van der Waals surface area contributed by atoms with E-state index in [1.54, 1.807) is 7.11 Å². The van der Waals surface area contributed by atoms with Gasteiger partial charge in [-0.25, -0.2) is 0 Å². The van der Waals surface area contributed by atoms with Crippen LogP contribution in [0.25, 0.3) is 0 Å². The summed E-state index contributed by atoms with van der Waals surface area (Å²) in [6, 6.07) is 6.06. The first-order valence-electron chi connectivity index (χ1n) is 5.69. The molecule has 4 heteroatoms. The van der Waals surface area contributed by atoms with Crippen LogP contribution in [0.2, 0.25) is 0 Å². The highest BCUT2D eigenvalue weighted by atomic mass is 79.9. The third-order valence-corrected chi connectivity index (χ3v) is 3.66. The predicted octanol–water partition coefficient (Wildman–Crippen LogP) is 2.73. The van der Waals surface area contributed by atoms with Crippen LogP contribution in [-0.2, 0) is 0 Å². The molecule has 0 radical (unpaired) electrons. The predicted molar refractivity (Wildman–Crippen MR) is 70.7 cm³/mol. The summed E-state index contributed by atoms with van der Waals surface area (Å²) < 4.78 is 5.96. The van der Waals surface area contributed by atoms with E-state index in [4.69, 9.17) is 4.74 Å². The van der Waals surface area contributed by atoms with Crippen LogP contribution < -0.4 is 4.74 Å². The zero-order valence-corrected chi connectivity index (χ0v) is 11.7. The van der Waals surface area contributed by atoms with Crippen LogP contribution in [0, 0.1) is 0 Å². The van der Waals surface area contributed by atoms with Crippen molar-refractivity contribution < 1.29 is 9.53 Å². The summed E-state index contributed by atoms with van der Waals surface area (Å²) in [6.07, 6.45) is 2.44. The first kappa shape index (κ1) is 12.6. The van der Waals surface area contributed by atoms with Crippen LogP contribution in [0.4, 0.5) is 0 Å². The number of benzene rings is 1. The summed E-state index contributed by atoms with van der Waals surface area (Å²) in [5, 5.41) is 0. The van der Waals surface area contributed by atoms with Crippen molar-refractivity contribution in [1.29, 1.82) is 0 Å². The molecule has 1 aromatic carbocycles. The van der Waals surface area contributed by atoms with Gasteiger partial charge >= 0.3 is 0 Å². The van der Waals surface area contributed by atoms with Crippen molar-refractivity contribution in [2.75, 3.05) is 20.7 Å². The van der Waals surface area contributed by atoms with Gasteiger partial charge in [-0.05, 0) is 54.0 Å². The molecule has 92 valence electrons. The minimum atomic E-state index is 0.155. The number of halogens is 1. The minimum Gasteiger partial charge on any atom is -0.496 e. The summed E-state index contributed by atoms with van der Waals surface area (Å²) in [7, 11) is 3.62. The van der Waals surface area contributed by atoms with Crippen molar-refractivity contribution in [1.82, 2.24) is 4.90 Å². The van der Waals surface area contributed by atoms with Gasteiger partial charge in [-0.1, -0.05) is 0 Å². The maximum atomic E-state index is 12.0. The van der Waals surface area contributed by atoms with Crippen molar-refractivity contribution in [3.8, 4) is 5.75 Å². The molecule has 0 aliphatic heterocycles. The molecule has 3 nitrogen and oxygen atoms in total. The Hall–Kier alpha value is -0.870. The van der Waals surface area contributed by atoms with Crippen LogP contribution in [0.1, 0.15) is 23.2 Å². The van der Waals surface area contributed by atoms with Crippen molar-refractivity contribution in [3.05, 3.63) is 28.2 Å². The Balaban J connectivity index is 2.05. The SMILES string of the molecule is COc1ccc(C(=O)CN(C)C2CC2)cc1Br. The number of rotatable bonds is 5. The number of carbonyl (C=O) groups is 1. The van der Waals surface area contributed by atoms with E-state index in [2.05, 4.69) is 20.8 Å². The van der Waals surface area contributed by atoms with E-state index >= 15 is 0 Å². The largest absolute Gasteiger partial charge is 0.496 e. The fraction of sp³-hybridized carbons (Fsp3) is 0.462. The number of ether oxygens (including phenoxy) is 1. The average molecular weight is 298 g/mol. The number of hydrogen-bond donors (Lipinski definition) is 0. The van der Waals surface area contributed by atoms with Gasteiger partial charge in [0.15, 0.2) is 5.78 Å². The molecule has 0 aromatic heterocycles. The molecule has 0 saturated heterocycles. The lowest BCUT2D eigenvalue weighted by molar-refractivity contribution is 0.0942. The molecule has 0 atom stereocenters. The lowest BCUT2D eigenvalue weighted by Gasteiger charge is -2.14. The zero-order valence-electron chi connectivity index (χ0n) is 10.1. The number of ketones is 1. The van der Waals surface area contributed by atoms with Gasteiger partial charge in [0.25, 0.3) is 0 Å².